The summed E-state index contributed by atoms with van der Waals surface area (Å²) < 4.78 is 1.94. The summed E-state index contributed by atoms with van der Waals surface area (Å²) in [6, 6.07) is 11.7. The van der Waals surface area contributed by atoms with Crippen molar-refractivity contribution in [3.63, 3.8) is 0 Å². The highest BCUT2D eigenvalue weighted by molar-refractivity contribution is 7.98. The van der Waals surface area contributed by atoms with Crippen LogP contribution in [-0.2, 0) is 17.1 Å². The molecule has 3 aromatic rings. The van der Waals surface area contributed by atoms with E-state index in [9.17, 15) is 4.79 Å². The van der Waals surface area contributed by atoms with Crippen molar-refractivity contribution in [2.24, 2.45) is 5.73 Å². The van der Waals surface area contributed by atoms with Crippen LogP contribution in [0, 0.1) is 0 Å². The number of primary amides is 1. The van der Waals surface area contributed by atoms with E-state index in [4.69, 9.17) is 17.3 Å². The molecule has 2 N–H and O–H groups in total. The third-order valence-electron chi connectivity index (χ3n) is 3.35. The van der Waals surface area contributed by atoms with Gasteiger partial charge in [-0.1, -0.05) is 47.6 Å². The van der Waals surface area contributed by atoms with E-state index in [2.05, 4.69) is 10.2 Å². The number of aromatic nitrogens is 3. The number of benzene rings is 1. The summed E-state index contributed by atoms with van der Waals surface area (Å²) >= 11 is 9.33. The molecule has 0 radical (unpaired) electrons. The summed E-state index contributed by atoms with van der Waals surface area (Å²) in [7, 11) is 0. The van der Waals surface area contributed by atoms with Crippen molar-refractivity contribution < 1.29 is 4.79 Å². The van der Waals surface area contributed by atoms with E-state index < -0.39 is 0 Å². The van der Waals surface area contributed by atoms with Crippen LogP contribution in [0.25, 0.3) is 10.7 Å². The van der Waals surface area contributed by atoms with E-state index in [1.807, 2.05) is 46.3 Å². The lowest BCUT2D eigenvalue weighted by Gasteiger charge is -2.08. The van der Waals surface area contributed by atoms with Gasteiger partial charge in [-0.25, -0.2) is 0 Å². The van der Waals surface area contributed by atoms with Gasteiger partial charge in [-0.15, -0.1) is 21.5 Å². The van der Waals surface area contributed by atoms with Gasteiger partial charge in [0.2, 0.25) is 5.91 Å². The molecule has 8 heteroatoms. The number of carbonyl (C=O) groups excluding carboxylic acids is 1. The number of thiophene rings is 1. The first kappa shape index (κ1) is 17.0. The Kier molecular flexibility index (Phi) is 5.55. The van der Waals surface area contributed by atoms with Crippen molar-refractivity contribution in [1.82, 2.24) is 14.8 Å². The predicted molar refractivity (Wildman–Crippen MR) is 98.2 cm³/mol. The first-order valence-corrected chi connectivity index (χ1v) is 9.51. The standard InChI is InChI=1S/C16H15ClN4OS2/c17-12-5-2-1-4-11(12)10-24-16-20-19-15(13-6-3-9-23-13)21(16)8-7-14(18)22/h1-6,9H,7-8,10H2,(H2,18,22). The van der Waals surface area contributed by atoms with Gasteiger partial charge in [-0.3, -0.25) is 4.79 Å². The van der Waals surface area contributed by atoms with Gasteiger partial charge in [-0.05, 0) is 23.1 Å². The molecule has 0 unspecified atom stereocenters. The molecule has 2 aromatic heterocycles. The highest BCUT2D eigenvalue weighted by Crippen LogP contribution is 2.30. The Morgan fingerprint density at radius 1 is 1.25 bits per heavy atom. The quantitative estimate of drug-likeness (QED) is 0.634. The Balaban J connectivity index is 1.84. The van der Waals surface area contributed by atoms with E-state index >= 15 is 0 Å². The molecular formula is C16H15ClN4OS2. The highest BCUT2D eigenvalue weighted by atomic mass is 35.5. The van der Waals surface area contributed by atoms with Gasteiger partial charge in [0.15, 0.2) is 11.0 Å². The lowest BCUT2D eigenvalue weighted by atomic mass is 10.2. The summed E-state index contributed by atoms with van der Waals surface area (Å²) in [5.41, 5.74) is 6.33. The van der Waals surface area contributed by atoms with E-state index in [0.29, 0.717) is 12.3 Å². The zero-order chi connectivity index (χ0) is 16.9. The number of rotatable bonds is 7. The second kappa shape index (κ2) is 7.83. The zero-order valence-electron chi connectivity index (χ0n) is 12.7. The molecule has 1 amide bonds. The van der Waals surface area contributed by atoms with Gasteiger partial charge < -0.3 is 10.3 Å². The Morgan fingerprint density at radius 3 is 2.79 bits per heavy atom. The molecule has 0 saturated carbocycles. The molecule has 1 aromatic carbocycles. The van der Waals surface area contributed by atoms with E-state index in [0.717, 1.165) is 26.4 Å². The maximum atomic E-state index is 11.2. The molecule has 124 valence electrons. The first-order valence-electron chi connectivity index (χ1n) is 7.26. The summed E-state index contributed by atoms with van der Waals surface area (Å²) in [6.07, 6.45) is 0.246. The Labute approximate surface area is 152 Å². The Bertz CT molecular complexity index is 832. The monoisotopic (exact) mass is 378 g/mol. The molecule has 24 heavy (non-hydrogen) atoms. The fourth-order valence-corrected chi connectivity index (χ4v) is 4.13. The Hall–Kier alpha value is -1.83. The van der Waals surface area contributed by atoms with Crippen molar-refractivity contribution in [2.75, 3.05) is 0 Å². The van der Waals surface area contributed by atoms with E-state index in [1.165, 1.54) is 0 Å². The van der Waals surface area contributed by atoms with Crippen molar-refractivity contribution >= 4 is 40.6 Å². The SMILES string of the molecule is NC(=O)CCn1c(SCc2ccccc2Cl)nnc1-c1cccs1. The number of nitrogens with two attached hydrogens (primary N) is 1. The number of hydrogen-bond acceptors (Lipinski definition) is 5. The second-order valence-corrected chi connectivity index (χ2v) is 7.33. The van der Waals surface area contributed by atoms with Gasteiger partial charge >= 0.3 is 0 Å². The average molecular weight is 379 g/mol. The van der Waals surface area contributed by atoms with Crippen molar-refractivity contribution in [1.29, 1.82) is 0 Å². The van der Waals surface area contributed by atoms with Crippen LogP contribution >= 0.6 is 34.7 Å². The molecule has 0 saturated heterocycles. The van der Waals surface area contributed by atoms with Crippen molar-refractivity contribution in [3.8, 4) is 10.7 Å². The maximum Gasteiger partial charge on any atom is 0.219 e. The van der Waals surface area contributed by atoms with E-state index in [-0.39, 0.29) is 12.3 Å². The lowest BCUT2D eigenvalue weighted by molar-refractivity contribution is -0.118. The lowest BCUT2D eigenvalue weighted by Crippen LogP contribution is -2.14. The molecule has 0 aliphatic carbocycles. The minimum atomic E-state index is -0.345. The van der Waals surface area contributed by atoms with Gasteiger partial charge in [0.05, 0.1) is 4.88 Å². The Morgan fingerprint density at radius 2 is 2.08 bits per heavy atom. The number of thioether (sulfide) groups is 1. The largest absolute Gasteiger partial charge is 0.370 e. The number of hydrogen-bond donors (Lipinski definition) is 1. The predicted octanol–water partition coefficient (Wildman–Crippen LogP) is 3.83. The van der Waals surface area contributed by atoms with Crippen LogP contribution in [0.4, 0.5) is 0 Å². The van der Waals surface area contributed by atoms with Crippen LogP contribution in [0.1, 0.15) is 12.0 Å². The smallest absolute Gasteiger partial charge is 0.219 e. The minimum Gasteiger partial charge on any atom is -0.370 e. The molecule has 0 atom stereocenters. The molecule has 0 aliphatic rings. The highest BCUT2D eigenvalue weighted by Gasteiger charge is 2.16. The van der Waals surface area contributed by atoms with Crippen LogP contribution in [0.5, 0.6) is 0 Å². The van der Waals surface area contributed by atoms with E-state index in [1.54, 1.807) is 23.1 Å². The first-order chi connectivity index (χ1) is 11.6. The van der Waals surface area contributed by atoms with Crippen molar-refractivity contribution in [2.45, 2.75) is 23.9 Å². The summed E-state index contributed by atoms with van der Waals surface area (Å²) in [4.78, 5) is 12.2. The summed E-state index contributed by atoms with van der Waals surface area (Å²) in [6.45, 7) is 0.459. The normalized spacial score (nSPS) is 10.9. The fourth-order valence-electron chi connectivity index (χ4n) is 2.16. The molecular weight excluding hydrogens is 364 g/mol. The van der Waals surface area contributed by atoms with Crippen LogP contribution in [0.3, 0.4) is 0 Å². The molecule has 2 heterocycles. The number of halogens is 1. The molecule has 0 fully saturated rings. The molecule has 3 rings (SSSR count). The van der Waals surface area contributed by atoms with Crippen molar-refractivity contribution in [3.05, 3.63) is 52.4 Å². The summed E-state index contributed by atoms with van der Waals surface area (Å²) in [5, 5.41) is 12.0. The van der Waals surface area contributed by atoms with Gasteiger partial charge in [0, 0.05) is 23.7 Å². The van der Waals surface area contributed by atoms with Crippen LogP contribution in [-0.4, -0.2) is 20.7 Å². The third-order valence-corrected chi connectivity index (χ3v) is 5.60. The van der Waals surface area contributed by atoms with Gasteiger partial charge in [-0.2, -0.15) is 0 Å². The van der Waals surface area contributed by atoms with Crippen LogP contribution in [0.2, 0.25) is 5.02 Å². The zero-order valence-corrected chi connectivity index (χ0v) is 15.1. The summed E-state index contributed by atoms with van der Waals surface area (Å²) in [5.74, 6) is 1.09. The number of carbonyl (C=O) groups is 1. The van der Waals surface area contributed by atoms with Crippen LogP contribution < -0.4 is 5.73 Å². The average Bonchev–Trinajstić information content (AvgIpc) is 3.21. The topological polar surface area (TPSA) is 73.8 Å². The molecule has 5 nitrogen and oxygen atoms in total. The van der Waals surface area contributed by atoms with Gasteiger partial charge in [0.1, 0.15) is 0 Å². The molecule has 0 spiro atoms. The second-order valence-electron chi connectivity index (χ2n) is 5.03. The third kappa shape index (κ3) is 3.98. The van der Waals surface area contributed by atoms with Crippen LogP contribution in [0.15, 0.2) is 46.9 Å². The maximum absolute atomic E-state index is 11.2. The molecule has 0 bridgehead atoms. The van der Waals surface area contributed by atoms with Gasteiger partial charge in [0.25, 0.3) is 0 Å². The minimum absolute atomic E-state index is 0.246. The number of amides is 1. The number of nitrogens with zero attached hydrogens (tertiary/aromatic N) is 3. The fraction of sp³-hybridized carbons (Fsp3) is 0.188. The molecule has 0 aliphatic heterocycles.